The summed E-state index contributed by atoms with van der Waals surface area (Å²) in [7, 11) is -4.10. The molecule has 1 aromatic rings. The van der Waals surface area contributed by atoms with Crippen molar-refractivity contribution < 1.29 is 13.0 Å². The zero-order valence-electron chi connectivity index (χ0n) is 15.2. The fraction of sp³-hybridized carbons (Fsp3) is 0.667. The van der Waals surface area contributed by atoms with Crippen molar-refractivity contribution in [3.8, 4) is 0 Å². The number of unbranched alkanes of at least 4 members (excludes halogenated alkanes) is 9. The van der Waals surface area contributed by atoms with Gasteiger partial charge in [-0.15, -0.1) is 0 Å². The SMILES string of the molecule is CCCCCCCCCCCCc1ccccc1S(=O)(=O)O.[Ca].[Ca]. The molecule has 0 spiro atoms. The van der Waals surface area contributed by atoms with Crippen molar-refractivity contribution in [2.45, 2.75) is 82.4 Å². The standard InChI is InChI=1S/C18H30O3S.2Ca/c1-2-3-4-5-6-7-8-9-10-11-14-17-15-12-13-16-18(17)22(19,20)21;;/h12-13,15-16H,2-11,14H2,1H3,(H,19,20,21);;. The normalized spacial score (nSPS) is 10.8. The van der Waals surface area contributed by atoms with Crippen molar-refractivity contribution in [3.05, 3.63) is 29.8 Å². The Hall–Kier alpha value is 1.65. The minimum absolute atomic E-state index is 0. The van der Waals surface area contributed by atoms with Gasteiger partial charge in [0.2, 0.25) is 0 Å². The van der Waals surface area contributed by atoms with Crippen LogP contribution in [-0.2, 0) is 16.5 Å². The maximum absolute atomic E-state index is 11.3. The Morgan fingerprint density at radius 1 is 0.792 bits per heavy atom. The van der Waals surface area contributed by atoms with Crippen LogP contribution in [0.15, 0.2) is 29.2 Å². The fourth-order valence-electron chi connectivity index (χ4n) is 2.76. The Bertz CT molecular complexity index is 519. The van der Waals surface area contributed by atoms with Crippen LogP contribution >= 0.6 is 0 Å². The van der Waals surface area contributed by atoms with Gasteiger partial charge < -0.3 is 0 Å². The van der Waals surface area contributed by atoms with E-state index in [2.05, 4.69) is 6.92 Å². The average Bonchev–Trinajstić information content (AvgIpc) is 2.48. The summed E-state index contributed by atoms with van der Waals surface area (Å²) in [5.74, 6) is 0. The second-order valence-corrected chi connectivity index (χ2v) is 7.40. The van der Waals surface area contributed by atoms with E-state index in [1.165, 1.54) is 57.4 Å². The molecule has 0 amide bonds. The van der Waals surface area contributed by atoms with Crippen LogP contribution in [0.1, 0.15) is 76.7 Å². The molecule has 0 unspecified atom stereocenters. The van der Waals surface area contributed by atoms with Gasteiger partial charge in [-0.25, -0.2) is 0 Å². The van der Waals surface area contributed by atoms with Gasteiger partial charge in [0.05, 0.1) is 4.90 Å². The van der Waals surface area contributed by atoms with E-state index in [0.717, 1.165) is 18.4 Å². The Labute approximate surface area is 208 Å². The minimum Gasteiger partial charge on any atom is -0.282 e. The molecule has 0 atom stereocenters. The van der Waals surface area contributed by atoms with Crippen molar-refractivity contribution in [2.75, 3.05) is 0 Å². The molecule has 1 rings (SSSR count). The van der Waals surface area contributed by atoms with Gasteiger partial charge in [0.1, 0.15) is 0 Å². The van der Waals surface area contributed by atoms with E-state index >= 15 is 0 Å². The second-order valence-electron chi connectivity index (χ2n) is 6.01. The van der Waals surface area contributed by atoms with E-state index in [-0.39, 0.29) is 80.4 Å². The first-order valence-electron chi connectivity index (χ1n) is 8.61. The molecule has 0 saturated heterocycles. The third kappa shape index (κ3) is 12.9. The summed E-state index contributed by atoms with van der Waals surface area (Å²) >= 11 is 0. The summed E-state index contributed by atoms with van der Waals surface area (Å²) in [5.41, 5.74) is 0.726. The second kappa shape index (κ2) is 16.8. The van der Waals surface area contributed by atoms with Gasteiger partial charge in [0, 0.05) is 75.5 Å². The van der Waals surface area contributed by atoms with Crippen LogP contribution in [0.25, 0.3) is 0 Å². The van der Waals surface area contributed by atoms with Crippen LogP contribution in [0.2, 0.25) is 0 Å². The van der Waals surface area contributed by atoms with Crippen LogP contribution in [0.4, 0.5) is 0 Å². The Morgan fingerprint density at radius 3 is 1.75 bits per heavy atom. The van der Waals surface area contributed by atoms with Gasteiger partial charge in [0.15, 0.2) is 0 Å². The molecule has 0 aromatic heterocycles. The maximum Gasteiger partial charge on any atom is 0.294 e. The summed E-state index contributed by atoms with van der Waals surface area (Å²) in [6.45, 7) is 2.24. The molecule has 0 bridgehead atoms. The molecular weight excluding hydrogens is 376 g/mol. The summed E-state index contributed by atoms with van der Waals surface area (Å²) in [4.78, 5) is 0.0610. The van der Waals surface area contributed by atoms with E-state index in [1.807, 2.05) is 6.07 Å². The molecular formula is C18H30Ca2O3S. The van der Waals surface area contributed by atoms with Crippen LogP contribution in [0.3, 0.4) is 0 Å². The number of benzene rings is 1. The van der Waals surface area contributed by atoms with Gasteiger partial charge >= 0.3 is 0 Å². The molecule has 24 heavy (non-hydrogen) atoms. The molecule has 4 radical (unpaired) electrons. The van der Waals surface area contributed by atoms with Crippen molar-refractivity contribution in [1.82, 2.24) is 0 Å². The molecule has 0 aliphatic rings. The van der Waals surface area contributed by atoms with E-state index in [9.17, 15) is 13.0 Å². The Morgan fingerprint density at radius 2 is 1.25 bits per heavy atom. The van der Waals surface area contributed by atoms with E-state index in [4.69, 9.17) is 0 Å². The van der Waals surface area contributed by atoms with Crippen molar-refractivity contribution in [1.29, 1.82) is 0 Å². The van der Waals surface area contributed by atoms with Gasteiger partial charge in [-0.2, -0.15) is 8.42 Å². The molecule has 0 fully saturated rings. The monoisotopic (exact) mass is 406 g/mol. The van der Waals surface area contributed by atoms with E-state index in [1.54, 1.807) is 12.1 Å². The smallest absolute Gasteiger partial charge is 0.282 e. The predicted molar refractivity (Wildman–Crippen MR) is 103 cm³/mol. The van der Waals surface area contributed by atoms with E-state index < -0.39 is 10.1 Å². The number of rotatable bonds is 12. The quantitative estimate of drug-likeness (QED) is 0.313. The third-order valence-corrected chi connectivity index (χ3v) is 5.00. The van der Waals surface area contributed by atoms with Crippen LogP contribution in [0, 0.1) is 0 Å². The average molecular weight is 407 g/mol. The van der Waals surface area contributed by atoms with Crippen molar-refractivity contribution >= 4 is 85.6 Å². The molecule has 1 N–H and O–H groups in total. The first kappa shape index (κ1) is 27.9. The van der Waals surface area contributed by atoms with Crippen molar-refractivity contribution in [3.63, 3.8) is 0 Å². The predicted octanol–water partition coefficient (Wildman–Crippen LogP) is 4.64. The molecule has 6 heteroatoms. The molecule has 3 nitrogen and oxygen atoms in total. The van der Waals surface area contributed by atoms with Crippen LogP contribution < -0.4 is 0 Å². The molecule has 130 valence electrons. The summed E-state index contributed by atoms with van der Waals surface area (Å²) in [6.07, 6.45) is 13.3. The van der Waals surface area contributed by atoms with Crippen LogP contribution in [0.5, 0.6) is 0 Å². The Kier molecular flexibility index (Phi) is 19.5. The zero-order chi connectivity index (χ0) is 16.3. The molecule has 0 heterocycles. The van der Waals surface area contributed by atoms with Crippen LogP contribution in [-0.4, -0.2) is 88.4 Å². The fourth-order valence-corrected chi connectivity index (χ4v) is 3.52. The molecule has 0 aliphatic heterocycles. The first-order valence-corrected chi connectivity index (χ1v) is 10.0. The summed E-state index contributed by atoms with van der Waals surface area (Å²) in [6, 6.07) is 6.73. The minimum atomic E-state index is -4.10. The Balaban J connectivity index is 0. The van der Waals surface area contributed by atoms with Gasteiger partial charge in [-0.1, -0.05) is 82.9 Å². The third-order valence-electron chi connectivity index (χ3n) is 4.05. The number of aryl methyl sites for hydroxylation is 1. The number of hydrogen-bond donors (Lipinski definition) is 1. The van der Waals surface area contributed by atoms with Gasteiger partial charge in [-0.3, -0.25) is 4.55 Å². The van der Waals surface area contributed by atoms with Crippen molar-refractivity contribution in [2.24, 2.45) is 0 Å². The largest absolute Gasteiger partial charge is 0.294 e. The summed E-state index contributed by atoms with van der Waals surface area (Å²) < 4.78 is 31.8. The van der Waals surface area contributed by atoms with E-state index in [0.29, 0.717) is 6.42 Å². The maximum atomic E-state index is 11.3. The topological polar surface area (TPSA) is 54.4 Å². The van der Waals surface area contributed by atoms with Gasteiger partial charge in [-0.05, 0) is 24.5 Å². The number of hydrogen-bond acceptors (Lipinski definition) is 2. The first-order chi connectivity index (χ1) is 10.6. The molecule has 0 aliphatic carbocycles. The van der Waals surface area contributed by atoms with Gasteiger partial charge in [0.25, 0.3) is 10.1 Å². The molecule has 0 saturated carbocycles. The summed E-state index contributed by atoms with van der Waals surface area (Å²) in [5, 5.41) is 0. The molecule has 1 aromatic carbocycles. The zero-order valence-corrected chi connectivity index (χ0v) is 20.4.